The quantitative estimate of drug-likeness (QED) is 0.0461. The van der Waals surface area contributed by atoms with E-state index in [4.69, 9.17) is 34.0 Å². The zero-order valence-corrected chi connectivity index (χ0v) is 37.1. The van der Waals surface area contributed by atoms with E-state index in [1.54, 1.807) is 0 Å². The molecule has 0 N–H and O–H groups in total. The molecule has 0 aliphatic heterocycles. The highest BCUT2D eigenvalue weighted by Crippen LogP contribution is 2.44. The Morgan fingerprint density at radius 3 is 1.37 bits per heavy atom. The molecular weight excluding hydrogens is 821 g/mol. The minimum atomic E-state index is -0.678. The van der Waals surface area contributed by atoms with Gasteiger partial charge in [-0.05, 0) is 34.2 Å². The molecule has 0 radical (unpaired) electrons. The maximum Gasteiger partial charge on any atom is 0.409 e. The summed E-state index contributed by atoms with van der Waals surface area (Å²) in [7, 11) is 7.17. The standard InChI is InChI=1S/C43H62N8O12/c1-47(27-33(52)11-10-17-58-19-21-60-23-25-62-26-24-61-22-20-59-18-16-45-46-44)39(53)28-48(2)40(54)29-49(3)41(55)30-50(4)42(56)31-51(5)43(57)63-32-38-36-14-8-6-12-34(36)35-13-7-9-15-37(35)38/h6-9,12-15,38H,10-11,16-32H2,1-5H3. The smallest absolute Gasteiger partial charge is 0.409 e. The Morgan fingerprint density at radius 2 is 0.921 bits per heavy atom. The molecule has 0 fully saturated rings. The van der Waals surface area contributed by atoms with Crippen molar-refractivity contribution in [3.63, 3.8) is 0 Å². The number of hydrogen-bond acceptors (Lipinski definition) is 13. The number of amides is 5. The van der Waals surface area contributed by atoms with Gasteiger partial charge in [0.1, 0.15) is 13.2 Å². The summed E-state index contributed by atoms with van der Waals surface area (Å²) >= 11 is 0. The zero-order chi connectivity index (χ0) is 46.0. The second-order valence-electron chi connectivity index (χ2n) is 14.8. The van der Waals surface area contributed by atoms with E-state index in [1.807, 2.05) is 48.5 Å². The summed E-state index contributed by atoms with van der Waals surface area (Å²) in [6.07, 6.45) is 0.00105. The highest BCUT2D eigenvalue weighted by Gasteiger charge is 2.30. The lowest BCUT2D eigenvalue weighted by atomic mass is 9.98. The van der Waals surface area contributed by atoms with Crippen LogP contribution in [0.25, 0.3) is 21.6 Å². The number of carbonyl (C=O) groups is 6. The van der Waals surface area contributed by atoms with E-state index in [2.05, 4.69) is 10.0 Å². The number of hydrogen-bond donors (Lipinski definition) is 0. The molecule has 0 unspecified atom stereocenters. The average Bonchev–Trinajstić information content (AvgIpc) is 3.59. The van der Waals surface area contributed by atoms with Gasteiger partial charge in [0.05, 0.1) is 85.6 Å². The number of Topliss-reactive ketones (excluding diaryl/α,β-unsaturated/α-hetero) is 1. The minimum Gasteiger partial charge on any atom is -0.448 e. The summed E-state index contributed by atoms with van der Waals surface area (Å²) in [5.74, 6) is -2.28. The van der Waals surface area contributed by atoms with E-state index in [9.17, 15) is 28.8 Å². The summed E-state index contributed by atoms with van der Waals surface area (Å²) in [6.45, 7) is 2.85. The Bertz CT molecular complexity index is 1800. The van der Waals surface area contributed by atoms with Crippen LogP contribution >= 0.6 is 0 Å². The molecule has 346 valence electrons. The number of azide groups is 1. The molecule has 0 aromatic heterocycles. The van der Waals surface area contributed by atoms with Crippen molar-refractivity contribution in [1.29, 1.82) is 0 Å². The molecule has 1 aliphatic carbocycles. The molecule has 2 aromatic rings. The van der Waals surface area contributed by atoms with E-state index < -0.39 is 29.7 Å². The zero-order valence-electron chi connectivity index (χ0n) is 37.1. The van der Waals surface area contributed by atoms with E-state index >= 15 is 0 Å². The number of benzene rings is 2. The highest BCUT2D eigenvalue weighted by atomic mass is 16.6. The Balaban J connectivity index is 1.21. The topological polar surface area (TPSA) is 223 Å². The van der Waals surface area contributed by atoms with Crippen molar-refractivity contribution in [2.45, 2.75) is 18.8 Å². The fourth-order valence-corrected chi connectivity index (χ4v) is 6.26. The van der Waals surface area contributed by atoms with Crippen molar-refractivity contribution in [3.8, 4) is 11.1 Å². The van der Waals surface area contributed by atoms with Crippen LogP contribution in [0.15, 0.2) is 53.6 Å². The molecule has 0 atom stereocenters. The molecule has 20 nitrogen and oxygen atoms in total. The number of nitrogens with zero attached hydrogens (tertiary/aromatic N) is 8. The van der Waals surface area contributed by atoms with Crippen LogP contribution in [0.3, 0.4) is 0 Å². The first-order valence-electron chi connectivity index (χ1n) is 20.8. The van der Waals surface area contributed by atoms with Crippen LogP contribution in [-0.2, 0) is 52.4 Å². The predicted octanol–water partition coefficient (Wildman–Crippen LogP) is 2.44. The van der Waals surface area contributed by atoms with Crippen molar-refractivity contribution in [2.75, 3.05) is 147 Å². The van der Waals surface area contributed by atoms with Gasteiger partial charge in [0.15, 0.2) is 5.78 Å². The molecule has 1 aliphatic rings. The molecule has 0 saturated heterocycles. The number of ether oxygens (including phenoxy) is 6. The molecule has 2 aromatic carbocycles. The Kier molecular flexibility index (Phi) is 23.7. The Morgan fingerprint density at radius 1 is 0.540 bits per heavy atom. The summed E-state index contributed by atoms with van der Waals surface area (Å²) in [6, 6.07) is 15.9. The lowest BCUT2D eigenvalue weighted by Gasteiger charge is -2.26. The van der Waals surface area contributed by atoms with Gasteiger partial charge in [-0.1, -0.05) is 53.6 Å². The van der Waals surface area contributed by atoms with Crippen LogP contribution < -0.4 is 0 Å². The first-order chi connectivity index (χ1) is 30.3. The van der Waals surface area contributed by atoms with Crippen LogP contribution in [0.1, 0.15) is 29.9 Å². The average molecular weight is 883 g/mol. The molecule has 20 heteroatoms. The second kappa shape index (κ2) is 28.9. The van der Waals surface area contributed by atoms with Crippen molar-refractivity contribution in [3.05, 3.63) is 70.1 Å². The molecule has 0 saturated carbocycles. The number of carbonyl (C=O) groups excluding carboxylic acids is 6. The van der Waals surface area contributed by atoms with Gasteiger partial charge in [0, 0.05) is 65.6 Å². The van der Waals surface area contributed by atoms with Gasteiger partial charge in [-0.15, -0.1) is 0 Å². The van der Waals surface area contributed by atoms with Crippen LogP contribution in [0.2, 0.25) is 0 Å². The maximum absolute atomic E-state index is 12.9. The third-order valence-corrected chi connectivity index (χ3v) is 9.89. The van der Waals surface area contributed by atoms with Gasteiger partial charge in [-0.3, -0.25) is 24.0 Å². The van der Waals surface area contributed by atoms with Crippen molar-refractivity contribution in [2.24, 2.45) is 5.11 Å². The minimum absolute atomic E-state index is 0.0993. The van der Waals surface area contributed by atoms with E-state index in [1.165, 1.54) is 45.0 Å². The lowest BCUT2D eigenvalue weighted by molar-refractivity contribution is -0.144. The van der Waals surface area contributed by atoms with Gasteiger partial charge < -0.3 is 52.9 Å². The van der Waals surface area contributed by atoms with Crippen LogP contribution in [-0.4, -0.2) is 207 Å². The molecule has 3 rings (SSSR count). The van der Waals surface area contributed by atoms with Crippen LogP contribution in [0, 0.1) is 0 Å². The van der Waals surface area contributed by atoms with Gasteiger partial charge >= 0.3 is 6.09 Å². The van der Waals surface area contributed by atoms with Crippen molar-refractivity contribution >= 4 is 35.5 Å². The molecule has 0 bridgehead atoms. The van der Waals surface area contributed by atoms with Gasteiger partial charge in [0.2, 0.25) is 23.6 Å². The first-order valence-corrected chi connectivity index (χ1v) is 20.8. The molecule has 63 heavy (non-hydrogen) atoms. The SMILES string of the molecule is CN(CC(=O)CCCOCCOCCOCCOCCOCCN=[N+]=[N-])C(=O)CN(C)C(=O)CN(C)C(=O)CN(C)C(=O)CN(C)C(=O)OCC1c2ccccc2-c2ccccc21. The van der Waals surface area contributed by atoms with Crippen LogP contribution in [0.5, 0.6) is 0 Å². The van der Waals surface area contributed by atoms with Gasteiger partial charge in [-0.2, -0.15) is 0 Å². The highest BCUT2D eigenvalue weighted by molar-refractivity contribution is 5.91. The van der Waals surface area contributed by atoms with Crippen LogP contribution in [0.4, 0.5) is 4.79 Å². The van der Waals surface area contributed by atoms with E-state index in [0.717, 1.165) is 37.0 Å². The Labute approximate surface area is 368 Å². The summed E-state index contributed by atoms with van der Waals surface area (Å²) in [5, 5.41) is 3.37. The van der Waals surface area contributed by atoms with Crippen molar-refractivity contribution in [1.82, 2.24) is 24.5 Å². The Hall–Kier alpha value is -5.63. The fourth-order valence-electron chi connectivity index (χ4n) is 6.26. The third kappa shape index (κ3) is 18.7. The summed E-state index contributed by atoms with van der Waals surface area (Å²) in [4.78, 5) is 85.4. The predicted molar refractivity (Wildman–Crippen MR) is 231 cm³/mol. The monoisotopic (exact) mass is 882 g/mol. The number of rotatable bonds is 31. The fraction of sp³-hybridized carbons (Fsp3) is 0.581. The lowest BCUT2D eigenvalue weighted by Crippen LogP contribution is -2.47. The molecular formula is C43H62N8O12. The van der Waals surface area contributed by atoms with Gasteiger partial charge in [0.25, 0.3) is 0 Å². The number of likely N-dealkylation sites (N-methyl/N-ethyl adjacent to an activating group) is 5. The summed E-state index contributed by atoms with van der Waals surface area (Å²) in [5.41, 5.74) is 12.5. The van der Waals surface area contributed by atoms with E-state index in [-0.39, 0.29) is 64.0 Å². The van der Waals surface area contributed by atoms with Gasteiger partial charge in [-0.25, -0.2) is 4.79 Å². The number of ketones is 1. The second-order valence-corrected chi connectivity index (χ2v) is 14.8. The number of fused-ring (bicyclic) bond motifs is 3. The first kappa shape index (κ1) is 51.7. The molecule has 5 amide bonds. The molecule has 0 spiro atoms. The third-order valence-electron chi connectivity index (χ3n) is 9.89. The maximum atomic E-state index is 12.9. The van der Waals surface area contributed by atoms with Crippen molar-refractivity contribution < 1.29 is 57.2 Å². The largest absolute Gasteiger partial charge is 0.448 e. The molecule has 0 heterocycles. The van der Waals surface area contributed by atoms with E-state index in [0.29, 0.717) is 72.5 Å². The normalized spacial score (nSPS) is 11.5. The summed E-state index contributed by atoms with van der Waals surface area (Å²) < 4.78 is 32.6.